The second-order valence-electron chi connectivity index (χ2n) is 6.09. The van der Waals surface area contributed by atoms with E-state index in [0.717, 1.165) is 11.5 Å². The quantitative estimate of drug-likeness (QED) is 0.362. The number of hydrogen-bond donors (Lipinski definition) is 0. The summed E-state index contributed by atoms with van der Waals surface area (Å²) in [5.41, 5.74) is 1.48. The monoisotopic (exact) mass is 460 g/mol. The predicted octanol–water partition coefficient (Wildman–Crippen LogP) is 6.09. The molecule has 4 nitrogen and oxygen atoms in total. The van der Waals surface area contributed by atoms with E-state index in [9.17, 15) is 9.59 Å². The lowest BCUT2D eigenvalue weighted by molar-refractivity contribution is 0.0972. The maximum Gasteiger partial charge on any atom is 0.278 e. The van der Waals surface area contributed by atoms with E-state index >= 15 is 0 Å². The fourth-order valence-corrected chi connectivity index (χ4v) is 4.16. The number of halogens is 3. The summed E-state index contributed by atoms with van der Waals surface area (Å²) in [6.07, 6.45) is 0. The molecule has 1 heterocycles. The van der Waals surface area contributed by atoms with Crippen molar-refractivity contribution >= 4 is 69.1 Å². The smallest absolute Gasteiger partial charge is 0.267 e. The molecule has 0 unspecified atom stereocenters. The Morgan fingerprint density at radius 1 is 0.759 bits per heavy atom. The highest BCUT2D eigenvalue weighted by Gasteiger charge is 2.16. The maximum absolute atomic E-state index is 13.0. The summed E-state index contributed by atoms with van der Waals surface area (Å²) < 4.78 is 1.88. The minimum Gasteiger partial charge on any atom is -0.267 e. The molecule has 1 amide bonds. The first-order valence-electron chi connectivity index (χ1n) is 8.39. The number of rotatable bonds is 2. The topological polar surface area (TPSA) is 51.4 Å². The summed E-state index contributed by atoms with van der Waals surface area (Å²) in [4.78, 5) is 29.8. The third-order valence-electron chi connectivity index (χ3n) is 4.16. The Balaban J connectivity index is 1.85. The van der Waals surface area contributed by atoms with E-state index < -0.39 is 5.91 Å². The summed E-state index contributed by atoms with van der Waals surface area (Å²) >= 11 is 19.0. The van der Waals surface area contributed by atoms with Crippen LogP contribution in [-0.4, -0.2) is 15.8 Å². The normalized spacial score (nSPS) is 11.8. The molecule has 1 aromatic heterocycles. The zero-order valence-electron chi connectivity index (χ0n) is 14.6. The molecular weight excluding hydrogens is 451 g/mol. The van der Waals surface area contributed by atoms with Crippen LogP contribution in [0.2, 0.25) is 15.1 Å². The minimum atomic E-state index is -0.434. The SMILES string of the molecule is O=C(N=c1sn(C(=O)c2ccc(Cl)cc2)c2ccc(Cl)cc12)c1ccc(Cl)cc1. The van der Waals surface area contributed by atoms with Crippen LogP contribution < -0.4 is 4.67 Å². The van der Waals surface area contributed by atoms with Gasteiger partial charge in [-0.25, -0.2) is 3.96 Å². The number of amides is 1. The van der Waals surface area contributed by atoms with Gasteiger partial charge in [-0.3, -0.25) is 9.59 Å². The van der Waals surface area contributed by atoms with Crippen molar-refractivity contribution in [3.05, 3.63) is 97.6 Å². The van der Waals surface area contributed by atoms with Gasteiger partial charge in [-0.2, -0.15) is 4.99 Å². The molecule has 0 aliphatic carbocycles. The van der Waals surface area contributed by atoms with Crippen LogP contribution in [0.15, 0.2) is 71.7 Å². The molecular formula is C21H11Cl3N2O2S. The summed E-state index contributed by atoms with van der Waals surface area (Å²) in [5.74, 6) is -0.685. The Labute approximate surface area is 184 Å². The van der Waals surface area contributed by atoms with Crippen LogP contribution in [0, 0.1) is 0 Å². The Hall–Kier alpha value is -2.44. The van der Waals surface area contributed by atoms with Crippen LogP contribution >= 0.6 is 46.3 Å². The van der Waals surface area contributed by atoms with Crippen LogP contribution in [0.1, 0.15) is 20.7 Å². The van der Waals surface area contributed by atoms with Crippen molar-refractivity contribution in [1.29, 1.82) is 0 Å². The second-order valence-corrected chi connectivity index (χ2v) is 8.33. The van der Waals surface area contributed by atoms with Gasteiger partial charge >= 0.3 is 0 Å². The number of carbonyl (C=O) groups is 2. The third kappa shape index (κ3) is 4.14. The first kappa shape index (κ1) is 19.9. The second kappa shape index (κ2) is 8.13. The molecule has 0 aliphatic heterocycles. The van der Waals surface area contributed by atoms with Crippen LogP contribution in [0.4, 0.5) is 0 Å². The lowest BCUT2D eigenvalue weighted by Gasteiger charge is -2.03. The van der Waals surface area contributed by atoms with E-state index in [4.69, 9.17) is 34.8 Å². The lowest BCUT2D eigenvalue weighted by atomic mass is 10.2. The van der Waals surface area contributed by atoms with Gasteiger partial charge in [0.05, 0.1) is 5.52 Å². The zero-order valence-corrected chi connectivity index (χ0v) is 17.7. The fraction of sp³-hybridized carbons (Fsp3) is 0. The van der Waals surface area contributed by atoms with Gasteiger partial charge in [0.15, 0.2) is 0 Å². The van der Waals surface area contributed by atoms with Gasteiger partial charge in [0.2, 0.25) is 0 Å². The Morgan fingerprint density at radius 2 is 1.31 bits per heavy atom. The van der Waals surface area contributed by atoms with Crippen molar-refractivity contribution < 1.29 is 9.59 Å². The first-order chi connectivity index (χ1) is 13.9. The molecule has 4 rings (SSSR count). The van der Waals surface area contributed by atoms with E-state index in [-0.39, 0.29) is 5.91 Å². The molecule has 0 spiro atoms. The first-order valence-corrected chi connectivity index (χ1v) is 10.3. The number of nitrogens with zero attached hydrogens (tertiary/aromatic N) is 2. The van der Waals surface area contributed by atoms with E-state index in [2.05, 4.69) is 4.99 Å². The van der Waals surface area contributed by atoms with Gasteiger partial charge in [0.1, 0.15) is 4.67 Å². The van der Waals surface area contributed by atoms with Gasteiger partial charge in [-0.1, -0.05) is 34.8 Å². The fourth-order valence-electron chi connectivity index (χ4n) is 2.73. The van der Waals surface area contributed by atoms with Crippen molar-refractivity contribution in [2.45, 2.75) is 0 Å². The largest absolute Gasteiger partial charge is 0.278 e. The van der Waals surface area contributed by atoms with Crippen LogP contribution in [-0.2, 0) is 0 Å². The molecule has 144 valence electrons. The third-order valence-corrected chi connectivity index (χ3v) is 5.92. The number of benzene rings is 3. The highest BCUT2D eigenvalue weighted by molar-refractivity contribution is 7.06. The molecule has 0 fully saturated rings. The average Bonchev–Trinajstić information content (AvgIpc) is 3.06. The molecule has 0 atom stereocenters. The molecule has 0 saturated carbocycles. The van der Waals surface area contributed by atoms with Gasteiger partial charge in [0, 0.05) is 31.6 Å². The van der Waals surface area contributed by atoms with Crippen molar-refractivity contribution in [2.24, 2.45) is 4.99 Å². The number of aromatic nitrogens is 1. The van der Waals surface area contributed by atoms with Crippen LogP contribution in [0.25, 0.3) is 10.9 Å². The number of carbonyl (C=O) groups excluding carboxylic acids is 2. The van der Waals surface area contributed by atoms with E-state index in [0.29, 0.717) is 41.8 Å². The highest BCUT2D eigenvalue weighted by atomic mass is 35.5. The van der Waals surface area contributed by atoms with Crippen LogP contribution in [0.3, 0.4) is 0 Å². The van der Waals surface area contributed by atoms with Gasteiger partial charge in [-0.05, 0) is 78.3 Å². The van der Waals surface area contributed by atoms with E-state index in [1.54, 1.807) is 66.7 Å². The molecule has 0 N–H and O–H groups in total. The average molecular weight is 462 g/mol. The molecule has 29 heavy (non-hydrogen) atoms. The predicted molar refractivity (Wildman–Crippen MR) is 117 cm³/mol. The standard InChI is InChI=1S/C21H11Cl3N2O2S/c22-14-5-1-12(2-6-14)19(27)25-20-17-11-16(24)9-10-18(17)26(29-20)21(28)13-3-7-15(23)8-4-13/h1-11H. The van der Waals surface area contributed by atoms with Gasteiger partial charge in [-0.15, -0.1) is 0 Å². The van der Waals surface area contributed by atoms with Crippen molar-refractivity contribution in [2.75, 3.05) is 0 Å². The maximum atomic E-state index is 13.0. The zero-order chi connectivity index (χ0) is 20.5. The summed E-state index contributed by atoms with van der Waals surface area (Å²) in [5, 5.41) is 2.17. The molecule has 0 aliphatic rings. The van der Waals surface area contributed by atoms with E-state index in [1.165, 1.54) is 3.96 Å². The van der Waals surface area contributed by atoms with Crippen molar-refractivity contribution in [3.63, 3.8) is 0 Å². The van der Waals surface area contributed by atoms with Gasteiger partial charge in [0.25, 0.3) is 11.8 Å². The number of fused-ring (bicyclic) bond motifs is 1. The molecule has 0 bridgehead atoms. The van der Waals surface area contributed by atoms with Crippen molar-refractivity contribution in [3.8, 4) is 0 Å². The Bertz CT molecular complexity index is 1310. The van der Waals surface area contributed by atoms with E-state index in [1.807, 2.05) is 0 Å². The Kier molecular flexibility index (Phi) is 5.56. The molecule has 0 radical (unpaired) electrons. The molecule has 3 aromatic carbocycles. The van der Waals surface area contributed by atoms with Gasteiger partial charge < -0.3 is 0 Å². The number of hydrogen-bond acceptors (Lipinski definition) is 3. The summed E-state index contributed by atoms with van der Waals surface area (Å²) in [6, 6.07) is 18.1. The Morgan fingerprint density at radius 3 is 1.93 bits per heavy atom. The summed E-state index contributed by atoms with van der Waals surface area (Å²) in [6.45, 7) is 0. The highest BCUT2D eigenvalue weighted by Crippen LogP contribution is 2.22. The molecule has 4 aromatic rings. The molecule has 8 heteroatoms. The van der Waals surface area contributed by atoms with Crippen LogP contribution in [0.5, 0.6) is 0 Å². The minimum absolute atomic E-state index is 0.251. The molecule has 0 saturated heterocycles. The lowest BCUT2D eigenvalue weighted by Crippen LogP contribution is -2.09. The summed E-state index contributed by atoms with van der Waals surface area (Å²) in [7, 11) is 0. The van der Waals surface area contributed by atoms with Crippen molar-refractivity contribution in [1.82, 2.24) is 3.96 Å².